The van der Waals surface area contributed by atoms with Gasteiger partial charge in [-0.25, -0.2) is 4.39 Å². The van der Waals surface area contributed by atoms with E-state index >= 15 is 0 Å². The zero-order valence-electron chi connectivity index (χ0n) is 12.1. The van der Waals surface area contributed by atoms with Crippen LogP contribution in [0.2, 0.25) is 0 Å². The van der Waals surface area contributed by atoms with Gasteiger partial charge in [-0.3, -0.25) is 4.68 Å². The topological polar surface area (TPSA) is 29.9 Å². The summed E-state index contributed by atoms with van der Waals surface area (Å²) in [5.41, 5.74) is 1.83. The number of fused-ring (bicyclic) bond motifs is 1. The van der Waals surface area contributed by atoms with E-state index < -0.39 is 6.17 Å². The molecule has 0 radical (unpaired) electrons. The van der Waals surface area contributed by atoms with Crippen molar-refractivity contribution in [2.75, 3.05) is 6.54 Å². The second-order valence-electron chi connectivity index (χ2n) is 6.02. The highest BCUT2D eigenvalue weighted by molar-refractivity contribution is 5.81. The molecule has 1 aromatic carbocycles. The van der Waals surface area contributed by atoms with Gasteiger partial charge >= 0.3 is 0 Å². The molecule has 104 valence electrons. The first-order valence-electron chi connectivity index (χ1n) is 6.66. The maximum Gasteiger partial charge on any atom is 0.118 e. The van der Waals surface area contributed by atoms with Crippen molar-refractivity contribution in [3.05, 3.63) is 30.0 Å². The van der Waals surface area contributed by atoms with E-state index in [1.54, 1.807) is 0 Å². The van der Waals surface area contributed by atoms with E-state index in [-0.39, 0.29) is 5.54 Å². The third kappa shape index (κ3) is 3.53. The molecule has 0 saturated carbocycles. The maximum absolute atomic E-state index is 14.0. The van der Waals surface area contributed by atoms with Crippen LogP contribution in [0.5, 0.6) is 0 Å². The number of aromatic nitrogens is 2. The molecule has 3 nitrogen and oxygen atoms in total. The van der Waals surface area contributed by atoms with Crippen molar-refractivity contribution in [3.8, 4) is 0 Å². The van der Waals surface area contributed by atoms with Gasteiger partial charge in [0.05, 0.1) is 11.2 Å². The van der Waals surface area contributed by atoms with Crippen LogP contribution in [0.3, 0.4) is 0 Å². The molecule has 2 rings (SSSR count). The van der Waals surface area contributed by atoms with E-state index in [1.165, 1.54) is 0 Å². The SMILES string of the molecule is Cn1nc(CC(F)CNC(C)(C)C)c2ccccc21. The van der Waals surface area contributed by atoms with Gasteiger partial charge in [-0.15, -0.1) is 0 Å². The highest BCUT2D eigenvalue weighted by Gasteiger charge is 2.17. The number of halogens is 1. The van der Waals surface area contributed by atoms with Crippen LogP contribution >= 0.6 is 0 Å². The molecule has 0 aliphatic heterocycles. The number of aryl methyl sites for hydroxylation is 1. The van der Waals surface area contributed by atoms with Crippen molar-refractivity contribution in [1.29, 1.82) is 0 Å². The molecule has 2 aromatic rings. The van der Waals surface area contributed by atoms with Crippen LogP contribution in [-0.4, -0.2) is 28.0 Å². The smallest absolute Gasteiger partial charge is 0.118 e. The van der Waals surface area contributed by atoms with Crippen molar-refractivity contribution in [2.24, 2.45) is 7.05 Å². The molecular weight excluding hydrogens is 241 g/mol. The molecule has 4 heteroatoms. The summed E-state index contributed by atoms with van der Waals surface area (Å²) in [5.74, 6) is 0. The molecular formula is C15H22FN3. The van der Waals surface area contributed by atoms with Gasteiger partial charge in [0.15, 0.2) is 0 Å². The summed E-state index contributed by atoms with van der Waals surface area (Å²) in [7, 11) is 1.90. The Labute approximate surface area is 113 Å². The average molecular weight is 263 g/mol. The van der Waals surface area contributed by atoms with Crippen LogP contribution in [0.4, 0.5) is 4.39 Å². The fourth-order valence-corrected chi connectivity index (χ4v) is 2.14. The molecule has 0 bridgehead atoms. The van der Waals surface area contributed by atoms with E-state index in [0.717, 1.165) is 16.6 Å². The second kappa shape index (κ2) is 5.29. The number of rotatable bonds is 4. The predicted octanol–water partition coefficient (Wildman–Crippen LogP) is 2.84. The summed E-state index contributed by atoms with van der Waals surface area (Å²) < 4.78 is 15.9. The van der Waals surface area contributed by atoms with E-state index in [0.29, 0.717) is 13.0 Å². The minimum Gasteiger partial charge on any atom is -0.309 e. The number of alkyl halides is 1. The van der Waals surface area contributed by atoms with Crippen LogP contribution in [0.1, 0.15) is 26.5 Å². The van der Waals surface area contributed by atoms with Gasteiger partial charge in [0, 0.05) is 30.9 Å². The molecule has 0 saturated heterocycles. The first kappa shape index (κ1) is 14.0. The molecule has 19 heavy (non-hydrogen) atoms. The number of para-hydroxylation sites is 1. The number of nitrogens with one attached hydrogen (secondary N) is 1. The summed E-state index contributed by atoms with van der Waals surface area (Å²) >= 11 is 0. The standard InChI is InChI=1S/C15H22FN3/c1-15(2,3)17-10-11(16)9-13-12-7-5-6-8-14(12)19(4)18-13/h5-8,11,17H,9-10H2,1-4H3. The molecule has 0 amide bonds. The zero-order valence-corrected chi connectivity index (χ0v) is 12.1. The van der Waals surface area contributed by atoms with Crippen LogP contribution in [-0.2, 0) is 13.5 Å². The highest BCUT2D eigenvalue weighted by atomic mass is 19.1. The van der Waals surface area contributed by atoms with E-state index in [4.69, 9.17) is 0 Å². The van der Waals surface area contributed by atoms with Crippen LogP contribution in [0.15, 0.2) is 24.3 Å². The molecule has 1 N–H and O–H groups in total. The zero-order chi connectivity index (χ0) is 14.0. The van der Waals surface area contributed by atoms with Gasteiger partial charge in [-0.2, -0.15) is 5.10 Å². The van der Waals surface area contributed by atoms with Gasteiger partial charge in [0.2, 0.25) is 0 Å². The normalized spacial score (nSPS) is 13.9. The Bertz CT molecular complexity index is 554. The Hall–Kier alpha value is -1.42. The van der Waals surface area contributed by atoms with Crippen molar-refractivity contribution in [1.82, 2.24) is 15.1 Å². The predicted molar refractivity (Wildman–Crippen MR) is 77.1 cm³/mol. The Balaban J connectivity index is 2.09. The minimum absolute atomic E-state index is 0.0590. The Kier molecular flexibility index (Phi) is 3.90. The van der Waals surface area contributed by atoms with Crippen molar-refractivity contribution in [3.63, 3.8) is 0 Å². The molecule has 0 aliphatic carbocycles. The van der Waals surface area contributed by atoms with E-state index in [9.17, 15) is 4.39 Å². The quantitative estimate of drug-likeness (QED) is 0.919. The van der Waals surface area contributed by atoms with Crippen molar-refractivity contribution < 1.29 is 4.39 Å². The Morgan fingerprint density at radius 2 is 2.00 bits per heavy atom. The third-order valence-electron chi connectivity index (χ3n) is 3.10. The van der Waals surface area contributed by atoms with Gasteiger partial charge in [0.1, 0.15) is 6.17 Å². The maximum atomic E-state index is 14.0. The van der Waals surface area contributed by atoms with Crippen molar-refractivity contribution >= 4 is 10.9 Å². The summed E-state index contributed by atoms with van der Waals surface area (Å²) in [6.45, 7) is 6.47. The van der Waals surface area contributed by atoms with E-state index in [1.807, 2.05) is 56.8 Å². The second-order valence-corrected chi connectivity index (χ2v) is 6.02. The molecule has 0 aliphatic rings. The lowest BCUT2D eigenvalue weighted by Gasteiger charge is -2.21. The van der Waals surface area contributed by atoms with Crippen molar-refractivity contribution in [2.45, 2.75) is 38.9 Å². The van der Waals surface area contributed by atoms with Gasteiger partial charge < -0.3 is 5.32 Å². The monoisotopic (exact) mass is 263 g/mol. The minimum atomic E-state index is -0.919. The van der Waals surface area contributed by atoms with Gasteiger partial charge in [0.25, 0.3) is 0 Å². The van der Waals surface area contributed by atoms with Gasteiger partial charge in [-0.05, 0) is 26.8 Å². The Morgan fingerprint density at radius 3 is 2.68 bits per heavy atom. The lowest BCUT2D eigenvalue weighted by atomic mass is 10.1. The molecule has 1 heterocycles. The summed E-state index contributed by atoms with van der Waals surface area (Å²) in [6, 6.07) is 7.95. The molecule has 1 aromatic heterocycles. The summed E-state index contributed by atoms with van der Waals surface area (Å²) in [4.78, 5) is 0. The largest absolute Gasteiger partial charge is 0.309 e. The summed E-state index contributed by atoms with van der Waals surface area (Å²) in [5, 5.41) is 8.66. The van der Waals surface area contributed by atoms with Crippen LogP contribution in [0, 0.1) is 0 Å². The first-order valence-corrected chi connectivity index (χ1v) is 6.66. The third-order valence-corrected chi connectivity index (χ3v) is 3.10. The van der Waals surface area contributed by atoms with Crippen LogP contribution in [0.25, 0.3) is 10.9 Å². The number of nitrogens with zero attached hydrogens (tertiary/aromatic N) is 2. The fourth-order valence-electron chi connectivity index (χ4n) is 2.14. The average Bonchev–Trinajstić information content (AvgIpc) is 2.64. The van der Waals surface area contributed by atoms with E-state index in [2.05, 4.69) is 10.4 Å². The molecule has 1 atom stereocenters. The molecule has 0 spiro atoms. The fraction of sp³-hybridized carbons (Fsp3) is 0.533. The Morgan fingerprint density at radius 1 is 1.32 bits per heavy atom. The number of hydrogen-bond donors (Lipinski definition) is 1. The van der Waals surface area contributed by atoms with Gasteiger partial charge in [-0.1, -0.05) is 18.2 Å². The lowest BCUT2D eigenvalue weighted by molar-refractivity contribution is 0.283. The molecule has 0 fully saturated rings. The summed E-state index contributed by atoms with van der Waals surface area (Å²) in [6.07, 6.45) is -0.567. The lowest BCUT2D eigenvalue weighted by Crippen LogP contribution is -2.40. The number of hydrogen-bond acceptors (Lipinski definition) is 2. The molecule has 1 unspecified atom stereocenters. The number of benzene rings is 1. The van der Waals surface area contributed by atoms with Crippen LogP contribution < -0.4 is 5.32 Å². The highest BCUT2D eigenvalue weighted by Crippen LogP contribution is 2.19. The first-order chi connectivity index (χ1) is 8.87.